The number of rotatable bonds is 5. The molecule has 0 atom stereocenters. The summed E-state index contributed by atoms with van der Waals surface area (Å²) in [5.74, 6) is 0.928. The summed E-state index contributed by atoms with van der Waals surface area (Å²) >= 11 is 6.10. The van der Waals surface area contributed by atoms with Gasteiger partial charge in [-0.05, 0) is 42.5 Å². The third kappa shape index (κ3) is 4.16. The molecule has 4 aromatic heterocycles. The van der Waals surface area contributed by atoms with Crippen molar-refractivity contribution in [2.24, 2.45) is 0 Å². The van der Waals surface area contributed by atoms with E-state index in [0.717, 1.165) is 33.1 Å². The minimum absolute atomic E-state index is 0.298. The van der Waals surface area contributed by atoms with E-state index in [-0.39, 0.29) is 5.91 Å². The highest BCUT2D eigenvalue weighted by atomic mass is 35.5. The summed E-state index contributed by atoms with van der Waals surface area (Å²) in [5.41, 5.74) is 4.38. The molecule has 6 aromatic rings. The van der Waals surface area contributed by atoms with Gasteiger partial charge in [-0.3, -0.25) is 14.9 Å². The monoisotopic (exact) mass is 480 g/mol. The number of nitrogens with one attached hydrogen (secondary N) is 4. The SMILES string of the molecule is O=C(Nc1ccncc1Cl)c1cc2ccc(-c3nccc(Nc4ccc5[nH]ncc5c4)n3)cc2[nH]1. The van der Waals surface area contributed by atoms with E-state index in [0.29, 0.717) is 28.0 Å². The Morgan fingerprint density at radius 3 is 2.77 bits per heavy atom. The number of anilines is 3. The van der Waals surface area contributed by atoms with Crippen molar-refractivity contribution in [1.82, 2.24) is 30.1 Å². The van der Waals surface area contributed by atoms with Gasteiger partial charge in [0, 0.05) is 46.1 Å². The minimum atomic E-state index is -0.298. The standard InChI is InChI=1S/C25H17ClN8O/c26-18-13-27-7-5-20(18)32-25(35)22-10-14-1-2-15(11-21(14)31-22)24-28-8-6-23(33-24)30-17-3-4-19-16(9-17)12-29-34-19/h1-13,31H,(H,29,34)(H,27,32,35)(H,28,30,33). The zero-order valence-electron chi connectivity index (χ0n) is 18.1. The zero-order chi connectivity index (χ0) is 23.8. The molecule has 4 heterocycles. The van der Waals surface area contributed by atoms with Crippen molar-refractivity contribution in [3.63, 3.8) is 0 Å². The molecule has 0 spiro atoms. The van der Waals surface area contributed by atoms with E-state index in [4.69, 9.17) is 11.6 Å². The second kappa shape index (κ2) is 8.54. The van der Waals surface area contributed by atoms with Crippen LogP contribution >= 0.6 is 11.6 Å². The fraction of sp³-hybridized carbons (Fsp3) is 0. The number of H-pyrrole nitrogens is 2. The first-order valence-corrected chi connectivity index (χ1v) is 11.1. The Morgan fingerprint density at radius 1 is 0.914 bits per heavy atom. The van der Waals surface area contributed by atoms with Crippen LogP contribution in [-0.4, -0.2) is 36.0 Å². The van der Waals surface area contributed by atoms with Crippen molar-refractivity contribution in [3.8, 4) is 11.4 Å². The van der Waals surface area contributed by atoms with E-state index in [1.54, 1.807) is 30.7 Å². The first kappa shape index (κ1) is 20.8. The zero-order valence-corrected chi connectivity index (χ0v) is 18.8. The van der Waals surface area contributed by atoms with Crippen LogP contribution in [0.25, 0.3) is 33.2 Å². The molecular formula is C25H17ClN8O. The van der Waals surface area contributed by atoms with Crippen LogP contribution in [0.2, 0.25) is 5.02 Å². The van der Waals surface area contributed by atoms with Crippen LogP contribution in [0.5, 0.6) is 0 Å². The lowest BCUT2D eigenvalue weighted by atomic mass is 10.1. The van der Waals surface area contributed by atoms with E-state index in [1.165, 1.54) is 6.20 Å². The summed E-state index contributed by atoms with van der Waals surface area (Å²) in [6.07, 6.45) is 6.53. The molecule has 10 heteroatoms. The minimum Gasteiger partial charge on any atom is -0.350 e. The molecular weight excluding hydrogens is 464 g/mol. The molecule has 0 aliphatic rings. The fourth-order valence-electron chi connectivity index (χ4n) is 3.79. The van der Waals surface area contributed by atoms with E-state index in [9.17, 15) is 4.79 Å². The third-order valence-electron chi connectivity index (χ3n) is 5.51. The molecule has 0 saturated heterocycles. The summed E-state index contributed by atoms with van der Waals surface area (Å²) in [7, 11) is 0. The number of aromatic amines is 2. The average Bonchev–Trinajstić information content (AvgIpc) is 3.52. The summed E-state index contributed by atoms with van der Waals surface area (Å²) < 4.78 is 0. The molecule has 35 heavy (non-hydrogen) atoms. The van der Waals surface area contributed by atoms with Gasteiger partial charge < -0.3 is 15.6 Å². The highest BCUT2D eigenvalue weighted by Crippen LogP contribution is 2.26. The fourth-order valence-corrected chi connectivity index (χ4v) is 3.96. The molecule has 0 bridgehead atoms. The van der Waals surface area contributed by atoms with E-state index in [1.807, 2.05) is 42.5 Å². The second-order valence-corrected chi connectivity index (χ2v) is 8.26. The molecule has 0 radical (unpaired) electrons. The van der Waals surface area contributed by atoms with Crippen LogP contribution in [0, 0.1) is 0 Å². The predicted molar refractivity (Wildman–Crippen MR) is 136 cm³/mol. The topological polar surface area (TPSA) is 124 Å². The predicted octanol–water partition coefficient (Wildman–Crippen LogP) is 5.55. The largest absolute Gasteiger partial charge is 0.350 e. The van der Waals surface area contributed by atoms with Gasteiger partial charge >= 0.3 is 0 Å². The van der Waals surface area contributed by atoms with Gasteiger partial charge in [0.2, 0.25) is 0 Å². The Balaban J connectivity index is 1.25. The van der Waals surface area contributed by atoms with Crippen LogP contribution < -0.4 is 10.6 Å². The van der Waals surface area contributed by atoms with Gasteiger partial charge in [-0.15, -0.1) is 0 Å². The van der Waals surface area contributed by atoms with Crippen molar-refractivity contribution >= 4 is 56.5 Å². The van der Waals surface area contributed by atoms with Crippen molar-refractivity contribution in [3.05, 3.63) is 90.1 Å². The number of hydrogen-bond acceptors (Lipinski definition) is 6. The van der Waals surface area contributed by atoms with Gasteiger partial charge in [0.1, 0.15) is 11.5 Å². The molecule has 0 aliphatic heterocycles. The van der Waals surface area contributed by atoms with E-state index in [2.05, 4.69) is 40.8 Å². The maximum absolute atomic E-state index is 12.7. The highest BCUT2D eigenvalue weighted by molar-refractivity contribution is 6.33. The molecule has 0 unspecified atom stereocenters. The quantitative estimate of drug-likeness (QED) is 0.256. The molecule has 0 saturated carbocycles. The Kier molecular flexibility index (Phi) is 5.08. The lowest BCUT2D eigenvalue weighted by Crippen LogP contribution is -2.12. The summed E-state index contributed by atoms with van der Waals surface area (Å²) in [4.78, 5) is 28.9. The Bertz CT molecular complexity index is 1710. The van der Waals surface area contributed by atoms with Gasteiger partial charge in [-0.2, -0.15) is 5.10 Å². The second-order valence-electron chi connectivity index (χ2n) is 7.86. The Morgan fingerprint density at radius 2 is 1.86 bits per heavy atom. The molecule has 0 aliphatic carbocycles. The van der Waals surface area contributed by atoms with Crippen LogP contribution in [0.4, 0.5) is 17.2 Å². The molecule has 9 nitrogen and oxygen atoms in total. The summed E-state index contributed by atoms with van der Waals surface area (Å²) in [5, 5.41) is 15.4. The first-order chi connectivity index (χ1) is 17.1. The number of hydrogen-bond donors (Lipinski definition) is 4. The van der Waals surface area contributed by atoms with Crippen LogP contribution in [0.1, 0.15) is 10.5 Å². The van der Waals surface area contributed by atoms with Crippen LogP contribution in [0.15, 0.2) is 79.4 Å². The average molecular weight is 481 g/mol. The smallest absolute Gasteiger partial charge is 0.272 e. The number of halogens is 1. The number of benzene rings is 2. The van der Waals surface area contributed by atoms with E-state index < -0.39 is 0 Å². The van der Waals surface area contributed by atoms with Gasteiger partial charge in [0.15, 0.2) is 5.82 Å². The summed E-state index contributed by atoms with van der Waals surface area (Å²) in [6.45, 7) is 0. The molecule has 6 rings (SSSR count). The molecule has 2 aromatic carbocycles. The van der Waals surface area contributed by atoms with Gasteiger partial charge in [-0.25, -0.2) is 9.97 Å². The maximum atomic E-state index is 12.7. The molecule has 4 N–H and O–H groups in total. The molecule has 0 fully saturated rings. The lowest BCUT2D eigenvalue weighted by Gasteiger charge is -2.07. The Labute approximate surface area is 203 Å². The lowest BCUT2D eigenvalue weighted by molar-refractivity contribution is 0.102. The number of pyridine rings is 1. The number of amides is 1. The first-order valence-electron chi connectivity index (χ1n) is 10.7. The number of fused-ring (bicyclic) bond motifs is 2. The van der Waals surface area contributed by atoms with Crippen LogP contribution in [0.3, 0.4) is 0 Å². The van der Waals surface area contributed by atoms with Crippen molar-refractivity contribution in [2.75, 3.05) is 10.6 Å². The molecule has 170 valence electrons. The summed E-state index contributed by atoms with van der Waals surface area (Å²) in [6, 6.07) is 16.9. The van der Waals surface area contributed by atoms with Crippen molar-refractivity contribution in [2.45, 2.75) is 0 Å². The number of carbonyl (C=O) groups is 1. The van der Waals surface area contributed by atoms with Crippen molar-refractivity contribution < 1.29 is 4.79 Å². The Hall–Kier alpha value is -4.76. The van der Waals surface area contributed by atoms with Gasteiger partial charge in [0.05, 0.1) is 22.4 Å². The maximum Gasteiger partial charge on any atom is 0.272 e. The highest BCUT2D eigenvalue weighted by Gasteiger charge is 2.13. The normalized spacial score (nSPS) is 11.1. The third-order valence-corrected chi connectivity index (χ3v) is 5.82. The van der Waals surface area contributed by atoms with Gasteiger partial charge in [-0.1, -0.05) is 23.7 Å². The number of aromatic nitrogens is 6. The van der Waals surface area contributed by atoms with Crippen LogP contribution in [-0.2, 0) is 0 Å². The van der Waals surface area contributed by atoms with Crippen molar-refractivity contribution in [1.29, 1.82) is 0 Å². The van der Waals surface area contributed by atoms with Gasteiger partial charge in [0.25, 0.3) is 5.91 Å². The van der Waals surface area contributed by atoms with E-state index >= 15 is 0 Å². The molecule has 1 amide bonds. The number of nitrogens with zero attached hydrogens (tertiary/aromatic N) is 4. The number of carbonyl (C=O) groups excluding carboxylic acids is 1.